The van der Waals surface area contributed by atoms with Gasteiger partial charge in [0.15, 0.2) is 0 Å². The summed E-state index contributed by atoms with van der Waals surface area (Å²) in [6, 6.07) is 0. The van der Waals surface area contributed by atoms with Crippen molar-refractivity contribution < 1.29 is 18.3 Å². The maximum absolute atomic E-state index is 13.5. The summed E-state index contributed by atoms with van der Waals surface area (Å²) in [6.07, 6.45) is -0.862. The third-order valence-electron chi connectivity index (χ3n) is 2.69. The Morgan fingerprint density at radius 2 is 1.83 bits per heavy atom. The van der Waals surface area contributed by atoms with Gasteiger partial charge in [-0.1, -0.05) is 0 Å². The lowest BCUT2D eigenvalue weighted by Gasteiger charge is -2.31. The highest BCUT2D eigenvalue weighted by Gasteiger charge is 2.42. The van der Waals surface area contributed by atoms with Gasteiger partial charge in [-0.15, -0.1) is 0 Å². The minimum absolute atomic E-state index is 0.0809. The van der Waals surface area contributed by atoms with Crippen LogP contribution in [0.4, 0.5) is 13.6 Å². The topological polar surface area (TPSA) is 55.6 Å². The van der Waals surface area contributed by atoms with Crippen molar-refractivity contribution in [3.8, 4) is 0 Å². The van der Waals surface area contributed by atoms with Crippen LogP contribution < -0.4 is 5.73 Å². The van der Waals surface area contributed by atoms with E-state index < -0.39 is 29.7 Å². The number of hydrogen-bond acceptors (Lipinski definition) is 3. The van der Waals surface area contributed by atoms with Crippen molar-refractivity contribution in [3.05, 3.63) is 0 Å². The van der Waals surface area contributed by atoms with Crippen LogP contribution in [0.2, 0.25) is 0 Å². The summed E-state index contributed by atoms with van der Waals surface area (Å²) >= 11 is 0. The Balaban J connectivity index is 2.81. The predicted octanol–water partition coefficient (Wildman–Crippen LogP) is 2.37. The largest absolute Gasteiger partial charge is 0.444 e. The van der Waals surface area contributed by atoms with Crippen LogP contribution in [0.3, 0.4) is 0 Å². The van der Waals surface area contributed by atoms with E-state index in [1.165, 1.54) is 0 Å². The molecule has 0 aromatic carbocycles. The summed E-state index contributed by atoms with van der Waals surface area (Å²) in [7, 11) is 0. The highest BCUT2D eigenvalue weighted by atomic mass is 19.3. The molecule has 2 N–H and O–H groups in total. The summed E-state index contributed by atoms with van der Waals surface area (Å²) in [5.41, 5.74) is 4.39. The fourth-order valence-electron chi connectivity index (χ4n) is 1.85. The molecule has 0 aromatic rings. The van der Waals surface area contributed by atoms with Gasteiger partial charge in [0.05, 0.1) is 6.54 Å². The van der Waals surface area contributed by atoms with Crippen LogP contribution in [-0.4, -0.2) is 41.1 Å². The Bertz CT molecular complexity index is 307. The first-order chi connectivity index (χ1) is 7.90. The smallest absolute Gasteiger partial charge is 0.410 e. The van der Waals surface area contributed by atoms with Gasteiger partial charge >= 0.3 is 6.09 Å². The van der Waals surface area contributed by atoms with Crippen molar-refractivity contribution in [1.29, 1.82) is 0 Å². The number of ether oxygens (including phenoxy) is 1. The van der Waals surface area contributed by atoms with E-state index in [-0.39, 0.29) is 19.4 Å². The van der Waals surface area contributed by atoms with Crippen LogP contribution in [0.25, 0.3) is 0 Å². The van der Waals surface area contributed by atoms with Gasteiger partial charge in [0.25, 0.3) is 5.92 Å². The van der Waals surface area contributed by atoms with Crippen molar-refractivity contribution in [2.45, 2.75) is 57.6 Å². The van der Waals surface area contributed by atoms with Crippen LogP contribution >= 0.6 is 0 Å². The number of rotatable bonds is 0. The quantitative estimate of drug-likeness (QED) is 0.730. The van der Waals surface area contributed by atoms with E-state index in [1.54, 1.807) is 27.7 Å². The minimum atomic E-state index is -2.91. The first-order valence-corrected chi connectivity index (χ1v) is 6.05. The molecule has 1 aliphatic heterocycles. The number of carbonyl (C=O) groups is 1. The first kappa shape index (κ1) is 15.1. The lowest BCUT2D eigenvalue weighted by Crippen LogP contribution is -2.50. The molecule has 106 valence electrons. The molecule has 0 saturated carbocycles. The second-order valence-electron chi connectivity index (χ2n) is 6.35. The van der Waals surface area contributed by atoms with Crippen molar-refractivity contribution in [1.82, 2.24) is 4.90 Å². The van der Waals surface area contributed by atoms with E-state index in [4.69, 9.17) is 10.5 Å². The second kappa shape index (κ2) is 4.64. The van der Waals surface area contributed by atoms with Gasteiger partial charge in [0, 0.05) is 18.5 Å². The lowest BCUT2D eigenvalue weighted by molar-refractivity contribution is -0.0389. The number of nitrogens with two attached hydrogens (primary N) is 1. The standard InChI is InChI=1S/C12H22F2N2O2/c1-10(2,3)18-9(17)16-7-11(4,15)5-6-12(13,14)8-16/h5-8,15H2,1-4H3. The number of amides is 1. The molecule has 1 aliphatic rings. The average Bonchev–Trinajstić information content (AvgIpc) is 2.20. The molecule has 4 nitrogen and oxygen atoms in total. The molecule has 0 radical (unpaired) electrons. The van der Waals surface area contributed by atoms with Gasteiger partial charge in [0.1, 0.15) is 5.60 Å². The normalized spacial score (nSPS) is 28.7. The monoisotopic (exact) mass is 264 g/mol. The Labute approximate surface area is 106 Å². The predicted molar refractivity (Wildman–Crippen MR) is 64.6 cm³/mol. The highest BCUT2D eigenvalue weighted by Crippen LogP contribution is 2.30. The molecule has 0 aromatic heterocycles. The fraction of sp³-hybridized carbons (Fsp3) is 0.917. The summed E-state index contributed by atoms with van der Waals surface area (Å²) in [5, 5.41) is 0. The van der Waals surface area contributed by atoms with Gasteiger partial charge in [0.2, 0.25) is 0 Å². The highest BCUT2D eigenvalue weighted by molar-refractivity contribution is 5.68. The molecule has 18 heavy (non-hydrogen) atoms. The number of nitrogens with zero attached hydrogens (tertiary/aromatic N) is 1. The van der Waals surface area contributed by atoms with Gasteiger partial charge in [-0.2, -0.15) is 0 Å². The van der Waals surface area contributed by atoms with Crippen molar-refractivity contribution >= 4 is 6.09 Å². The maximum atomic E-state index is 13.5. The zero-order valence-corrected chi connectivity index (χ0v) is 11.4. The fourth-order valence-corrected chi connectivity index (χ4v) is 1.85. The SMILES string of the molecule is CC1(N)CCC(F)(F)CN(C(=O)OC(C)(C)C)C1. The van der Waals surface area contributed by atoms with Crippen LogP contribution in [-0.2, 0) is 4.74 Å². The Hall–Kier alpha value is -0.910. The summed E-state index contributed by atoms with van der Waals surface area (Å²) in [4.78, 5) is 12.9. The van der Waals surface area contributed by atoms with Crippen molar-refractivity contribution in [3.63, 3.8) is 0 Å². The molecule has 0 bridgehead atoms. The van der Waals surface area contributed by atoms with Crippen LogP contribution in [0.1, 0.15) is 40.5 Å². The molecule has 1 amide bonds. The van der Waals surface area contributed by atoms with E-state index >= 15 is 0 Å². The van der Waals surface area contributed by atoms with E-state index in [1.807, 2.05) is 0 Å². The first-order valence-electron chi connectivity index (χ1n) is 6.05. The third-order valence-corrected chi connectivity index (χ3v) is 2.69. The molecule has 0 aliphatic carbocycles. The minimum Gasteiger partial charge on any atom is -0.444 e. The summed E-state index contributed by atoms with van der Waals surface area (Å²) in [6.45, 7) is 6.21. The molecule has 6 heteroatoms. The van der Waals surface area contributed by atoms with Crippen LogP contribution in [0, 0.1) is 0 Å². The van der Waals surface area contributed by atoms with Gasteiger partial charge in [-0.3, -0.25) is 0 Å². The maximum Gasteiger partial charge on any atom is 0.410 e. The number of hydrogen-bond donors (Lipinski definition) is 1. The van der Waals surface area contributed by atoms with E-state index in [0.717, 1.165) is 4.90 Å². The summed E-state index contributed by atoms with van der Waals surface area (Å²) in [5.74, 6) is -2.91. The van der Waals surface area contributed by atoms with Crippen LogP contribution in [0.5, 0.6) is 0 Å². The average molecular weight is 264 g/mol. The molecule has 1 heterocycles. The van der Waals surface area contributed by atoms with Crippen molar-refractivity contribution in [2.75, 3.05) is 13.1 Å². The second-order valence-corrected chi connectivity index (χ2v) is 6.35. The molecule has 1 fully saturated rings. The molecule has 1 atom stereocenters. The molecule has 1 unspecified atom stereocenters. The Morgan fingerprint density at radius 1 is 1.28 bits per heavy atom. The third kappa shape index (κ3) is 4.76. The lowest BCUT2D eigenvalue weighted by atomic mass is 9.97. The zero-order valence-electron chi connectivity index (χ0n) is 11.4. The molecule has 0 spiro atoms. The number of alkyl halides is 2. The Morgan fingerprint density at radius 3 is 2.33 bits per heavy atom. The number of carbonyl (C=O) groups excluding carboxylic acids is 1. The molecular weight excluding hydrogens is 242 g/mol. The number of halogens is 2. The van der Waals surface area contributed by atoms with Gasteiger partial charge in [-0.05, 0) is 34.1 Å². The number of likely N-dealkylation sites (tertiary alicyclic amines) is 1. The van der Waals surface area contributed by atoms with E-state index in [0.29, 0.717) is 0 Å². The van der Waals surface area contributed by atoms with Gasteiger partial charge in [-0.25, -0.2) is 13.6 Å². The van der Waals surface area contributed by atoms with E-state index in [9.17, 15) is 13.6 Å². The van der Waals surface area contributed by atoms with Crippen molar-refractivity contribution in [2.24, 2.45) is 5.73 Å². The Kier molecular flexibility index (Phi) is 3.91. The molecular formula is C12H22F2N2O2. The molecule has 1 rings (SSSR count). The van der Waals surface area contributed by atoms with E-state index in [2.05, 4.69) is 0 Å². The van der Waals surface area contributed by atoms with Crippen LogP contribution in [0.15, 0.2) is 0 Å². The summed E-state index contributed by atoms with van der Waals surface area (Å²) < 4.78 is 32.2. The molecule has 1 saturated heterocycles. The van der Waals surface area contributed by atoms with Gasteiger partial charge < -0.3 is 15.4 Å². The zero-order chi connectivity index (χ0) is 14.2.